The number of nitrogens with zero attached hydrogens (tertiary/aromatic N) is 1. The fourth-order valence-corrected chi connectivity index (χ4v) is 1.89. The van der Waals surface area contributed by atoms with Crippen molar-refractivity contribution in [1.82, 2.24) is 10.3 Å². The predicted molar refractivity (Wildman–Crippen MR) is 84.7 cm³/mol. The lowest BCUT2D eigenvalue weighted by molar-refractivity contribution is -0.115. The number of amides is 1. The second-order valence-electron chi connectivity index (χ2n) is 4.50. The quantitative estimate of drug-likeness (QED) is 0.679. The van der Waals surface area contributed by atoms with Crippen molar-refractivity contribution in [1.29, 1.82) is 0 Å². The monoisotopic (exact) mass is 296 g/mol. The number of aldehydes is 1. The summed E-state index contributed by atoms with van der Waals surface area (Å²) in [5.41, 5.74) is 2.98. The van der Waals surface area contributed by atoms with Crippen molar-refractivity contribution >= 4 is 18.3 Å². The van der Waals surface area contributed by atoms with E-state index in [0.29, 0.717) is 17.0 Å². The fourth-order valence-electron chi connectivity index (χ4n) is 1.89. The standard InChI is InChI=1S/C17H16N2O3/c1-18-17(21)8-7-15-16(22-2)9-14(10-19-15)13-5-3-12(11-20)4-6-13/h3-11H,1-2H3,(H,18,21). The van der Waals surface area contributed by atoms with Gasteiger partial charge in [0.15, 0.2) is 0 Å². The Morgan fingerprint density at radius 3 is 2.55 bits per heavy atom. The van der Waals surface area contributed by atoms with Crippen molar-refractivity contribution in [3.05, 3.63) is 53.9 Å². The van der Waals surface area contributed by atoms with E-state index in [1.807, 2.05) is 18.2 Å². The molecule has 5 nitrogen and oxygen atoms in total. The molecule has 1 amide bonds. The number of benzene rings is 1. The minimum Gasteiger partial charge on any atom is -0.494 e. The number of pyridine rings is 1. The van der Waals surface area contributed by atoms with Gasteiger partial charge in [0.25, 0.3) is 0 Å². The number of hydrogen-bond donors (Lipinski definition) is 1. The van der Waals surface area contributed by atoms with E-state index < -0.39 is 0 Å². The Hall–Kier alpha value is -2.95. The first kappa shape index (κ1) is 15.4. The number of rotatable bonds is 5. The average Bonchev–Trinajstić information content (AvgIpc) is 2.59. The van der Waals surface area contributed by atoms with Crippen molar-refractivity contribution in [2.75, 3.05) is 14.2 Å². The van der Waals surface area contributed by atoms with Gasteiger partial charge in [-0.1, -0.05) is 24.3 Å². The van der Waals surface area contributed by atoms with Crippen LogP contribution in [0.25, 0.3) is 17.2 Å². The summed E-state index contributed by atoms with van der Waals surface area (Å²) in [6.07, 6.45) is 5.48. The summed E-state index contributed by atoms with van der Waals surface area (Å²) in [7, 11) is 3.11. The molecule has 2 aromatic rings. The first-order chi connectivity index (χ1) is 10.7. The third kappa shape index (κ3) is 3.58. The van der Waals surface area contributed by atoms with E-state index in [9.17, 15) is 9.59 Å². The molecule has 1 aromatic carbocycles. The van der Waals surface area contributed by atoms with Crippen LogP contribution < -0.4 is 10.1 Å². The van der Waals surface area contributed by atoms with Crippen molar-refractivity contribution in [2.45, 2.75) is 0 Å². The van der Waals surface area contributed by atoms with Crippen molar-refractivity contribution < 1.29 is 14.3 Å². The van der Waals surface area contributed by atoms with Crippen LogP contribution in [0, 0.1) is 0 Å². The number of methoxy groups -OCH3 is 1. The van der Waals surface area contributed by atoms with Crippen LogP contribution in [0.15, 0.2) is 42.6 Å². The Kier molecular flexibility index (Phi) is 5.03. The number of likely N-dealkylation sites (N-methyl/N-ethyl adjacent to an activating group) is 1. The van der Waals surface area contributed by atoms with Crippen LogP contribution in [0.4, 0.5) is 0 Å². The summed E-state index contributed by atoms with van der Waals surface area (Å²) in [6.45, 7) is 0. The van der Waals surface area contributed by atoms with Crippen LogP contribution in [0.5, 0.6) is 5.75 Å². The maximum atomic E-state index is 11.2. The highest BCUT2D eigenvalue weighted by Gasteiger charge is 2.06. The molecule has 5 heteroatoms. The molecule has 0 bridgehead atoms. The summed E-state index contributed by atoms with van der Waals surface area (Å²) in [5.74, 6) is 0.356. The number of carbonyl (C=O) groups excluding carboxylic acids is 2. The Morgan fingerprint density at radius 2 is 1.95 bits per heavy atom. The Balaban J connectivity index is 2.33. The van der Waals surface area contributed by atoms with Crippen molar-refractivity contribution in [3.8, 4) is 16.9 Å². The maximum Gasteiger partial charge on any atom is 0.243 e. The SMILES string of the molecule is CNC(=O)C=Cc1ncc(-c2ccc(C=O)cc2)cc1OC. The van der Waals surface area contributed by atoms with Gasteiger partial charge < -0.3 is 10.1 Å². The largest absolute Gasteiger partial charge is 0.494 e. The van der Waals surface area contributed by atoms with Gasteiger partial charge in [-0.25, -0.2) is 0 Å². The van der Waals surface area contributed by atoms with Gasteiger partial charge in [-0.15, -0.1) is 0 Å². The average molecular weight is 296 g/mol. The zero-order valence-corrected chi connectivity index (χ0v) is 12.4. The van der Waals surface area contributed by atoms with E-state index in [2.05, 4.69) is 10.3 Å². The number of aromatic nitrogens is 1. The molecule has 1 heterocycles. The summed E-state index contributed by atoms with van der Waals surface area (Å²) in [6, 6.07) is 9.02. The highest BCUT2D eigenvalue weighted by Crippen LogP contribution is 2.26. The van der Waals surface area contributed by atoms with Gasteiger partial charge in [0.2, 0.25) is 5.91 Å². The van der Waals surface area contributed by atoms with Crippen LogP contribution >= 0.6 is 0 Å². The lowest BCUT2D eigenvalue weighted by Gasteiger charge is -2.07. The predicted octanol–water partition coefficient (Wildman–Crippen LogP) is 2.33. The van der Waals surface area contributed by atoms with Crippen molar-refractivity contribution in [3.63, 3.8) is 0 Å². The lowest BCUT2D eigenvalue weighted by Crippen LogP contribution is -2.13. The van der Waals surface area contributed by atoms with E-state index in [0.717, 1.165) is 17.4 Å². The van der Waals surface area contributed by atoms with Gasteiger partial charge >= 0.3 is 0 Å². The second kappa shape index (κ2) is 7.17. The minimum atomic E-state index is -0.211. The van der Waals surface area contributed by atoms with Crippen LogP contribution in [0.1, 0.15) is 16.1 Å². The topological polar surface area (TPSA) is 68.3 Å². The molecule has 0 aliphatic rings. The summed E-state index contributed by atoms with van der Waals surface area (Å²) in [4.78, 5) is 26.2. The molecule has 0 aliphatic heterocycles. The number of nitrogens with one attached hydrogen (secondary N) is 1. The molecule has 2 rings (SSSR count). The van der Waals surface area contributed by atoms with Crippen molar-refractivity contribution in [2.24, 2.45) is 0 Å². The molecule has 0 spiro atoms. The molecule has 0 aliphatic carbocycles. The van der Waals surface area contributed by atoms with Gasteiger partial charge in [-0.05, 0) is 17.7 Å². The number of carbonyl (C=O) groups is 2. The molecule has 0 fully saturated rings. The summed E-state index contributed by atoms with van der Waals surface area (Å²) in [5, 5.41) is 2.50. The minimum absolute atomic E-state index is 0.211. The molecule has 0 radical (unpaired) electrons. The zero-order valence-electron chi connectivity index (χ0n) is 12.4. The summed E-state index contributed by atoms with van der Waals surface area (Å²) < 4.78 is 5.32. The third-order valence-electron chi connectivity index (χ3n) is 3.12. The molecule has 0 atom stereocenters. The Morgan fingerprint density at radius 1 is 1.23 bits per heavy atom. The van der Waals surface area contributed by atoms with E-state index in [4.69, 9.17) is 4.74 Å². The molecular formula is C17H16N2O3. The van der Waals surface area contributed by atoms with E-state index >= 15 is 0 Å². The van der Waals surface area contributed by atoms with E-state index in [1.165, 1.54) is 6.08 Å². The molecule has 0 saturated heterocycles. The zero-order chi connectivity index (χ0) is 15.9. The molecule has 1 aromatic heterocycles. The van der Waals surface area contributed by atoms with Gasteiger partial charge in [0.05, 0.1) is 7.11 Å². The fraction of sp³-hybridized carbons (Fsp3) is 0.118. The maximum absolute atomic E-state index is 11.2. The van der Waals surface area contributed by atoms with Gasteiger partial charge in [0.1, 0.15) is 17.7 Å². The molecule has 1 N–H and O–H groups in total. The first-order valence-corrected chi connectivity index (χ1v) is 6.67. The van der Waals surface area contributed by atoms with Gasteiger partial charge in [-0.3, -0.25) is 14.6 Å². The molecule has 0 unspecified atom stereocenters. The highest BCUT2D eigenvalue weighted by atomic mass is 16.5. The van der Waals surface area contributed by atoms with Crippen LogP contribution in [0.3, 0.4) is 0 Å². The van der Waals surface area contributed by atoms with Crippen LogP contribution in [-0.4, -0.2) is 31.3 Å². The van der Waals surface area contributed by atoms with Gasteiger partial charge in [-0.2, -0.15) is 0 Å². The number of ether oxygens (including phenoxy) is 1. The van der Waals surface area contributed by atoms with Gasteiger partial charge in [0, 0.05) is 30.4 Å². The Bertz CT molecular complexity index is 706. The lowest BCUT2D eigenvalue weighted by atomic mass is 10.1. The third-order valence-corrected chi connectivity index (χ3v) is 3.12. The molecule has 0 saturated carbocycles. The highest BCUT2D eigenvalue weighted by molar-refractivity contribution is 5.91. The normalized spacial score (nSPS) is 10.5. The molecule has 112 valence electrons. The van der Waals surface area contributed by atoms with E-state index in [1.54, 1.807) is 38.6 Å². The van der Waals surface area contributed by atoms with Crippen LogP contribution in [-0.2, 0) is 4.79 Å². The van der Waals surface area contributed by atoms with Crippen LogP contribution in [0.2, 0.25) is 0 Å². The first-order valence-electron chi connectivity index (χ1n) is 6.67. The smallest absolute Gasteiger partial charge is 0.243 e. The Labute approximate surface area is 128 Å². The summed E-state index contributed by atoms with van der Waals surface area (Å²) >= 11 is 0. The van der Waals surface area contributed by atoms with E-state index in [-0.39, 0.29) is 5.91 Å². The molecule has 22 heavy (non-hydrogen) atoms. The second-order valence-corrected chi connectivity index (χ2v) is 4.50. The molecular weight excluding hydrogens is 280 g/mol. The number of hydrogen-bond acceptors (Lipinski definition) is 4.